The summed E-state index contributed by atoms with van der Waals surface area (Å²) in [7, 11) is -4.47. The molecule has 0 aromatic heterocycles. The number of unbranched alkanes of at least 4 members (excludes halogenated alkanes) is 1. The van der Waals surface area contributed by atoms with Gasteiger partial charge in [-0.15, -0.1) is 0 Å². The maximum atomic E-state index is 12.1. The monoisotopic (exact) mass is 334 g/mol. The first-order valence-corrected chi connectivity index (χ1v) is 8.60. The number of hydrogen-bond acceptors (Lipinski definition) is 5. The molecule has 0 radical (unpaired) electrons. The van der Waals surface area contributed by atoms with Gasteiger partial charge < -0.3 is 4.74 Å². The van der Waals surface area contributed by atoms with Crippen LogP contribution in [0.3, 0.4) is 0 Å². The molecule has 1 heterocycles. The Bertz CT molecular complexity index is 943. The average Bonchev–Trinajstić information content (AvgIpc) is 2.49. The van der Waals surface area contributed by atoms with Crippen molar-refractivity contribution in [1.29, 1.82) is 0 Å². The summed E-state index contributed by atoms with van der Waals surface area (Å²) >= 11 is 0. The highest BCUT2D eigenvalue weighted by Gasteiger charge is 2.31. The van der Waals surface area contributed by atoms with Crippen LogP contribution in [0.25, 0.3) is 10.8 Å². The van der Waals surface area contributed by atoms with Crippen molar-refractivity contribution in [3.8, 4) is 0 Å². The Kier molecular flexibility index (Phi) is 3.69. The number of ether oxygens (including phenoxy) is 1. The van der Waals surface area contributed by atoms with Crippen LogP contribution in [0.1, 0.15) is 46.0 Å². The van der Waals surface area contributed by atoms with Crippen LogP contribution in [0, 0.1) is 0 Å². The van der Waals surface area contributed by atoms with E-state index < -0.39 is 27.0 Å². The molecule has 0 bridgehead atoms. The molecule has 1 N–H and O–H groups in total. The van der Waals surface area contributed by atoms with Gasteiger partial charge >= 0.3 is 11.9 Å². The first kappa shape index (κ1) is 15.6. The van der Waals surface area contributed by atoms with Crippen LogP contribution in [-0.2, 0) is 21.3 Å². The Balaban J connectivity index is 2.37. The quantitative estimate of drug-likeness (QED) is 0.524. The third-order valence-electron chi connectivity index (χ3n) is 3.88. The van der Waals surface area contributed by atoms with Crippen molar-refractivity contribution < 1.29 is 27.3 Å². The molecule has 3 rings (SSSR count). The third kappa shape index (κ3) is 2.62. The zero-order chi connectivity index (χ0) is 16.8. The van der Waals surface area contributed by atoms with E-state index in [1.807, 2.05) is 6.92 Å². The molecule has 1 aliphatic rings. The minimum Gasteiger partial charge on any atom is -0.386 e. The van der Waals surface area contributed by atoms with Gasteiger partial charge in [0.25, 0.3) is 10.1 Å². The predicted octanol–water partition coefficient (Wildman–Crippen LogP) is 2.74. The van der Waals surface area contributed by atoms with E-state index in [0.29, 0.717) is 22.8 Å². The summed E-state index contributed by atoms with van der Waals surface area (Å²) < 4.78 is 36.7. The molecule has 0 spiro atoms. The standard InChI is InChI=1S/C16H14O6S/c1-2-3-4-9-5-6-10-7-11(23(19,20)21)8-12-13(10)14(9)16(18)22-15(12)17/h5-8H,2-4H2,1H3,(H,19,20,21). The Hall–Kier alpha value is -2.25. The molecule has 0 atom stereocenters. The van der Waals surface area contributed by atoms with Gasteiger partial charge in [0.05, 0.1) is 16.0 Å². The largest absolute Gasteiger partial charge is 0.386 e. The maximum Gasteiger partial charge on any atom is 0.346 e. The second-order valence-electron chi connectivity index (χ2n) is 5.42. The van der Waals surface area contributed by atoms with Crippen LogP contribution in [0.15, 0.2) is 29.2 Å². The van der Waals surface area contributed by atoms with E-state index in [1.54, 1.807) is 12.1 Å². The smallest absolute Gasteiger partial charge is 0.346 e. The zero-order valence-corrected chi connectivity index (χ0v) is 13.1. The van der Waals surface area contributed by atoms with Crippen LogP contribution in [0.2, 0.25) is 0 Å². The molecule has 120 valence electrons. The Morgan fingerprint density at radius 1 is 1.13 bits per heavy atom. The molecule has 0 saturated carbocycles. The predicted molar refractivity (Wildman–Crippen MR) is 82.1 cm³/mol. The number of cyclic esters (lactones) is 2. The van der Waals surface area contributed by atoms with Crippen molar-refractivity contribution in [3.63, 3.8) is 0 Å². The fourth-order valence-corrected chi connectivity index (χ4v) is 3.33. The number of aryl methyl sites for hydroxylation is 1. The molecule has 0 fully saturated rings. The van der Waals surface area contributed by atoms with E-state index in [9.17, 15) is 22.6 Å². The minimum atomic E-state index is -4.47. The van der Waals surface area contributed by atoms with Crippen molar-refractivity contribution in [1.82, 2.24) is 0 Å². The summed E-state index contributed by atoms with van der Waals surface area (Å²) in [6.45, 7) is 2.03. The fraction of sp³-hybridized carbons (Fsp3) is 0.250. The molecule has 6 nitrogen and oxygen atoms in total. The lowest BCUT2D eigenvalue weighted by Crippen LogP contribution is -2.22. The molecule has 0 amide bonds. The summed E-state index contributed by atoms with van der Waals surface area (Å²) in [5.74, 6) is -1.63. The Labute approximate surface area is 132 Å². The lowest BCUT2D eigenvalue weighted by molar-refractivity contribution is 0.0390. The zero-order valence-electron chi connectivity index (χ0n) is 12.3. The first-order valence-electron chi connectivity index (χ1n) is 7.16. The fourth-order valence-electron chi connectivity index (χ4n) is 2.79. The first-order chi connectivity index (χ1) is 10.8. The summed E-state index contributed by atoms with van der Waals surface area (Å²) in [5, 5.41) is 0.780. The Morgan fingerprint density at radius 2 is 1.87 bits per heavy atom. The van der Waals surface area contributed by atoms with Gasteiger partial charge in [0, 0.05) is 5.39 Å². The van der Waals surface area contributed by atoms with Gasteiger partial charge in [-0.3, -0.25) is 4.55 Å². The highest BCUT2D eigenvalue weighted by molar-refractivity contribution is 7.85. The highest BCUT2D eigenvalue weighted by Crippen LogP contribution is 2.34. The van der Waals surface area contributed by atoms with Gasteiger partial charge in [0.1, 0.15) is 0 Å². The summed E-state index contributed by atoms with van der Waals surface area (Å²) in [4.78, 5) is 23.7. The van der Waals surface area contributed by atoms with E-state index in [4.69, 9.17) is 4.74 Å². The Morgan fingerprint density at radius 3 is 2.52 bits per heavy atom. The third-order valence-corrected chi connectivity index (χ3v) is 4.72. The van der Waals surface area contributed by atoms with E-state index in [0.717, 1.165) is 24.5 Å². The van der Waals surface area contributed by atoms with Crippen molar-refractivity contribution in [2.24, 2.45) is 0 Å². The summed E-state index contributed by atoms with van der Waals surface area (Å²) in [6.07, 6.45) is 2.47. The van der Waals surface area contributed by atoms with E-state index in [-0.39, 0.29) is 5.56 Å². The number of benzene rings is 2. The van der Waals surface area contributed by atoms with E-state index in [1.165, 1.54) is 6.07 Å². The molecule has 23 heavy (non-hydrogen) atoms. The molecule has 0 saturated heterocycles. The van der Waals surface area contributed by atoms with Crippen molar-refractivity contribution in [2.45, 2.75) is 31.1 Å². The maximum absolute atomic E-state index is 12.1. The number of carbonyl (C=O) groups is 2. The minimum absolute atomic E-state index is 0.0249. The van der Waals surface area contributed by atoms with E-state index in [2.05, 4.69) is 0 Å². The van der Waals surface area contributed by atoms with Crippen LogP contribution >= 0.6 is 0 Å². The normalized spacial score (nSPS) is 14.2. The van der Waals surface area contributed by atoms with Gasteiger partial charge in [0.15, 0.2) is 0 Å². The van der Waals surface area contributed by atoms with Gasteiger partial charge in [0.2, 0.25) is 0 Å². The molecule has 2 aromatic carbocycles. The molecular formula is C16H14O6S. The molecule has 0 unspecified atom stereocenters. The van der Waals surface area contributed by atoms with Crippen LogP contribution in [0.4, 0.5) is 0 Å². The second-order valence-corrected chi connectivity index (χ2v) is 6.85. The molecule has 1 aliphatic heterocycles. The van der Waals surface area contributed by atoms with Crippen molar-refractivity contribution in [2.75, 3.05) is 0 Å². The van der Waals surface area contributed by atoms with Crippen LogP contribution < -0.4 is 0 Å². The highest BCUT2D eigenvalue weighted by atomic mass is 32.2. The van der Waals surface area contributed by atoms with Gasteiger partial charge in [-0.25, -0.2) is 9.59 Å². The topological polar surface area (TPSA) is 97.7 Å². The average molecular weight is 334 g/mol. The van der Waals surface area contributed by atoms with Gasteiger partial charge in [-0.05, 0) is 35.9 Å². The van der Waals surface area contributed by atoms with Crippen LogP contribution in [0.5, 0.6) is 0 Å². The SMILES string of the molecule is CCCCc1ccc2cc(S(=O)(=O)O)cc3c2c1C(=O)OC3=O. The summed E-state index contributed by atoms with van der Waals surface area (Å²) in [5.41, 5.74) is 1.04. The molecule has 7 heteroatoms. The molecular weight excluding hydrogens is 320 g/mol. The lowest BCUT2D eigenvalue weighted by atomic mass is 9.91. The van der Waals surface area contributed by atoms with Crippen LogP contribution in [-0.4, -0.2) is 24.9 Å². The van der Waals surface area contributed by atoms with E-state index >= 15 is 0 Å². The summed E-state index contributed by atoms with van der Waals surface area (Å²) in [6, 6.07) is 5.66. The van der Waals surface area contributed by atoms with Gasteiger partial charge in [-0.1, -0.05) is 25.5 Å². The second kappa shape index (κ2) is 5.43. The number of esters is 2. The number of carbonyl (C=O) groups excluding carboxylic acids is 2. The number of rotatable bonds is 4. The lowest BCUT2D eigenvalue weighted by Gasteiger charge is -2.19. The molecule has 0 aliphatic carbocycles. The molecule has 2 aromatic rings. The van der Waals surface area contributed by atoms with Crippen molar-refractivity contribution in [3.05, 3.63) is 41.0 Å². The number of hydrogen-bond donors (Lipinski definition) is 1. The van der Waals surface area contributed by atoms with Crippen molar-refractivity contribution >= 4 is 32.8 Å². The van der Waals surface area contributed by atoms with Gasteiger partial charge in [-0.2, -0.15) is 8.42 Å².